The van der Waals surface area contributed by atoms with Gasteiger partial charge in [0.15, 0.2) is 0 Å². The molecular weight excluding hydrogens is 235 g/mol. The summed E-state index contributed by atoms with van der Waals surface area (Å²) in [6, 6.07) is 5.16. The van der Waals surface area contributed by atoms with Crippen molar-refractivity contribution >= 4 is 39.5 Å². The quantitative estimate of drug-likeness (QED) is 0.600. The van der Waals surface area contributed by atoms with Gasteiger partial charge in [-0.05, 0) is 29.8 Å². The van der Waals surface area contributed by atoms with Crippen LogP contribution in [0.4, 0.5) is 0 Å². The normalized spacial score (nSPS) is 10.9. The zero-order valence-corrected chi connectivity index (χ0v) is 9.51. The van der Waals surface area contributed by atoms with E-state index in [4.69, 9.17) is 23.2 Å². The summed E-state index contributed by atoms with van der Waals surface area (Å²) < 4.78 is 1.89. The third-order valence-corrected chi connectivity index (χ3v) is 2.78. The number of hydrogen-bond donors (Lipinski definition) is 0. The van der Waals surface area contributed by atoms with Gasteiger partial charge in [-0.15, -0.1) is 11.6 Å². The number of benzene rings is 1. The van der Waals surface area contributed by atoms with Gasteiger partial charge in [0.05, 0.1) is 16.9 Å². The van der Waals surface area contributed by atoms with Crippen molar-refractivity contribution in [2.24, 2.45) is 7.05 Å². The molecule has 15 heavy (non-hydrogen) atoms. The predicted octanol–water partition coefficient (Wildman–Crippen LogP) is 2.69. The van der Waals surface area contributed by atoms with Crippen LogP contribution in [0.3, 0.4) is 0 Å². The van der Waals surface area contributed by atoms with Crippen molar-refractivity contribution < 1.29 is 4.79 Å². The monoisotopic (exact) mass is 242 g/mol. The fourth-order valence-corrected chi connectivity index (χ4v) is 1.85. The van der Waals surface area contributed by atoms with E-state index in [0.717, 1.165) is 16.9 Å². The molecule has 2 rings (SSSR count). The van der Waals surface area contributed by atoms with Gasteiger partial charge in [-0.25, -0.2) is 4.98 Å². The number of imidazole rings is 1. The fourth-order valence-electron chi connectivity index (χ4n) is 1.49. The number of aryl methyl sites for hydroxylation is 1. The number of hydrogen-bond acceptors (Lipinski definition) is 2. The minimum absolute atomic E-state index is 0.343. The molecule has 1 heterocycles. The van der Waals surface area contributed by atoms with Gasteiger partial charge in [-0.2, -0.15) is 0 Å². The van der Waals surface area contributed by atoms with Gasteiger partial charge in [-0.1, -0.05) is 0 Å². The first kappa shape index (κ1) is 10.5. The van der Waals surface area contributed by atoms with Crippen LogP contribution in [0.2, 0.25) is 0 Å². The smallest absolute Gasteiger partial charge is 0.252 e. The molecule has 0 saturated heterocycles. The van der Waals surface area contributed by atoms with Crippen LogP contribution in [0.1, 0.15) is 16.2 Å². The number of rotatable bonds is 2. The lowest BCUT2D eigenvalue weighted by Crippen LogP contribution is -1.93. The summed E-state index contributed by atoms with van der Waals surface area (Å²) in [5, 5.41) is -0.477. The molecule has 2 aromatic rings. The largest absolute Gasteiger partial charge is 0.330 e. The van der Waals surface area contributed by atoms with Crippen LogP contribution in [-0.2, 0) is 12.9 Å². The van der Waals surface area contributed by atoms with Crippen LogP contribution >= 0.6 is 23.2 Å². The zero-order chi connectivity index (χ0) is 11.0. The van der Waals surface area contributed by atoms with Crippen molar-refractivity contribution in [2.45, 2.75) is 5.88 Å². The van der Waals surface area contributed by atoms with Gasteiger partial charge in [0.1, 0.15) is 5.82 Å². The lowest BCUT2D eigenvalue weighted by Gasteiger charge is -1.97. The molecule has 0 N–H and O–H groups in total. The van der Waals surface area contributed by atoms with E-state index in [9.17, 15) is 4.79 Å². The Balaban J connectivity index is 2.68. The average Bonchev–Trinajstić information content (AvgIpc) is 2.55. The summed E-state index contributed by atoms with van der Waals surface area (Å²) in [6.07, 6.45) is 0. The maximum absolute atomic E-state index is 11.0. The van der Waals surface area contributed by atoms with Crippen LogP contribution in [0.25, 0.3) is 11.0 Å². The second-order valence-corrected chi connectivity index (χ2v) is 3.81. The summed E-state index contributed by atoms with van der Waals surface area (Å²) in [4.78, 5) is 15.2. The number of nitrogens with zero attached hydrogens (tertiary/aromatic N) is 2. The molecule has 0 amide bonds. The fraction of sp³-hybridized carbons (Fsp3) is 0.200. The second kappa shape index (κ2) is 3.83. The number of carbonyl (C=O) groups is 1. The van der Waals surface area contributed by atoms with Crippen molar-refractivity contribution in [1.82, 2.24) is 9.55 Å². The van der Waals surface area contributed by atoms with Crippen molar-refractivity contribution in [3.8, 4) is 0 Å². The highest BCUT2D eigenvalue weighted by Gasteiger charge is 2.09. The molecule has 0 unspecified atom stereocenters. The molecular formula is C10H8Cl2N2O. The predicted molar refractivity (Wildman–Crippen MR) is 60.5 cm³/mol. The summed E-state index contributed by atoms with van der Waals surface area (Å²) >= 11 is 11.1. The molecule has 0 aliphatic carbocycles. The van der Waals surface area contributed by atoms with Crippen LogP contribution in [-0.4, -0.2) is 14.8 Å². The molecule has 0 fully saturated rings. The maximum Gasteiger partial charge on any atom is 0.252 e. The molecule has 0 bridgehead atoms. The second-order valence-electron chi connectivity index (χ2n) is 3.20. The Morgan fingerprint density at radius 3 is 2.87 bits per heavy atom. The molecule has 0 atom stereocenters. The van der Waals surface area contributed by atoms with Gasteiger partial charge < -0.3 is 4.57 Å². The minimum Gasteiger partial charge on any atom is -0.330 e. The molecule has 3 nitrogen and oxygen atoms in total. The van der Waals surface area contributed by atoms with Crippen LogP contribution in [0, 0.1) is 0 Å². The zero-order valence-electron chi connectivity index (χ0n) is 8.00. The third-order valence-electron chi connectivity index (χ3n) is 2.32. The van der Waals surface area contributed by atoms with Gasteiger partial charge in [0.2, 0.25) is 0 Å². The number of alkyl halides is 1. The van der Waals surface area contributed by atoms with E-state index in [-0.39, 0.29) is 0 Å². The lowest BCUT2D eigenvalue weighted by molar-refractivity contribution is 0.108. The summed E-state index contributed by atoms with van der Waals surface area (Å²) in [6.45, 7) is 0. The molecule has 1 aromatic carbocycles. The van der Waals surface area contributed by atoms with E-state index in [1.165, 1.54) is 0 Å². The standard InChI is InChI=1S/C10H8Cl2N2O/c1-14-8-3-2-6(10(12)15)4-7(8)13-9(14)5-11/h2-4H,5H2,1H3. The topological polar surface area (TPSA) is 34.9 Å². The van der Waals surface area contributed by atoms with E-state index in [0.29, 0.717) is 11.4 Å². The minimum atomic E-state index is -0.477. The van der Waals surface area contributed by atoms with Gasteiger partial charge in [0, 0.05) is 12.6 Å². The van der Waals surface area contributed by atoms with Gasteiger partial charge >= 0.3 is 0 Å². The van der Waals surface area contributed by atoms with Crippen molar-refractivity contribution in [3.05, 3.63) is 29.6 Å². The highest BCUT2D eigenvalue weighted by molar-refractivity contribution is 6.67. The molecule has 0 aliphatic rings. The Morgan fingerprint density at radius 2 is 2.27 bits per heavy atom. The summed E-state index contributed by atoms with van der Waals surface area (Å²) in [5.74, 6) is 1.11. The third kappa shape index (κ3) is 1.73. The number of halogens is 2. The van der Waals surface area contributed by atoms with E-state index in [1.807, 2.05) is 17.7 Å². The summed E-state index contributed by atoms with van der Waals surface area (Å²) in [5.41, 5.74) is 2.12. The SMILES string of the molecule is Cn1c(CCl)nc2cc(C(=O)Cl)ccc21. The molecule has 78 valence electrons. The van der Waals surface area contributed by atoms with E-state index >= 15 is 0 Å². The van der Waals surface area contributed by atoms with Crippen LogP contribution < -0.4 is 0 Å². The van der Waals surface area contributed by atoms with E-state index < -0.39 is 5.24 Å². The first-order valence-corrected chi connectivity index (χ1v) is 5.26. The van der Waals surface area contributed by atoms with Crippen molar-refractivity contribution in [1.29, 1.82) is 0 Å². The average molecular weight is 243 g/mol. The Labute approximate surface area is 96.6 Å². The highest BCUT2D eigenvalue weighted by atomic mass is 35.5. The van der Waals surface area contributed by atoms with E-state index in [2.05, 4.69) is 4.98 Å². The molecule has 1 aromatic heterocycles. The Hall–Kier alpha value is -1.06. The number of carbonyl (C=O) groups excluding carboxylic acids is 1. The first-order chi connectivity index (χ1) is 7.13. The Bertz CT molecular complexity index is 533. The lowest BCUT2D eigenvalue weighted by atomic mass is 10.2. The Kier molecular flexibility index (Phi) is 2.67. The molecule has 0 spiro atoms. The number of aromatic nitrogens is 2. The van der Waals surface area contributed by atoms with Crippen LogP contribution in [0.15, 0.2) is 18.2 Å². The van der Waals surface area contributed by atoms with Gasteiger partial charge in [0.25, 0.3) is 5.24 Å². The molecule has 5 heteroatoms. The molecule has 0 radical (unpaired) electrons. The summed E-state index contributed by atoms with van der Waals surface area (Å²) in [7, 11) is 1.88. The molecule has 0 aliphatic heterocycles. The number of fused-ring (bicyclic) bond motifs is 1. The maximum atomic E-state index is 11.0. The Morgan fingerprint density at radius 1 is 1.53 bits per heavy atom. The highest BCUT2D eigenvalue weighted by Crippen LogP contribution is 2.18. The molecule has 0 saturated carbocycles. The van der Waals surface area contributed by atoms with Crippen molar-refractivity contribution in [2.75, 3.05) is 0 Å². The van der Waals surface area contributed by atoms with E-state index in [1.54, 1.807) is 12.1 Å². The first-order valence-electron chi connectivity index (χ1n) is 4.34. The van der Waals surface area contributed by atoms with Gasteiger partial charge in [-0.3, -0.25) is 4.79 Å². The van der Waals surface area contributed by atoms with Crippen molar-refractivity contribution in [3.63, 3.8) is 0 Å². The van der Waals surface area contributed by atoms with Crippen LogP contribution in [0.5, 0.6) is 0 Å².